The van der Waals surface area contributed by atoms with E-state index >= 15 is 0 Å². The van der Waals surface area contributed by atoms with Crippen molar-refractivity contribution in [3.63, 3.8) is 0 Å². The largest absolute Gasteiger partial charge is 0.368 e. The minimum absolute atomic E-state index is 0.194. The quantitative estimate of drug-likeness (QED) is 0.548. The van der Waals surface area contributed by atoms with Crippen molar-refractivity contribution in [2.45, 2.75) is 38.1 Å². The van der Waals surface area contributed by atoms with Gasteiger partial charge >= 0.3 is 0 Å². The average Bonchev–Trinajstić information content (AvgIpc) is 2.16. The molecule has 4 bridgehead atoms. The number of hydrogen-bond donors (Lipinski definition) is 0. The van der Waals surface area contributed by atoms with Gasteiger partial charge in [0, 0.05) is 26.6 Å². The van der Waals surface area contributed by atoms with Gasteiger partial charge in [-0.1, -0.05) is 0 Å². The number of hydrogen-bond acceptors (Lipinski definition) is 3. The van der Waals surface area contributed by atoms with E-state index in [-0.39, 0.29) is 24.3 Å². The molecule has 0 saturated carbocycles. The van der Waals surface area contributed by atoms with Crippen molar-refractivity contribution in [2.24, 2.45) is 0 Å². The van der Waals surface area contributed by atoms with Crippen molar-refractivity contribution in [1.82, 2.24) is 9.80 Å². The number of carbonyl (C=O) groups is 1. The van der Waals surface area contributed by atoms with E-state index in [0.29, 0.717) is 0 Å². The molecule has 4 heterocycles. The Balaban J connectivity index is 1.89. The van der Waals surface area contributed by atoms with E-state index in [1.807, 2.05) is 4.90 Å². The van der Waals surface area contributed by atoms with Crippen LogP contribution >= 0.6 is 0 Å². The third-order valence-corrected chi connectivity index (χ3v) is 3.57. The SMILES string of the molecule is CC(=O)N1CC2CN3CCCC(O2)C31. The fourth-order valence-electron chi connectivity index (χ4n) is 3.04. The third kappa shape index (κ3) is 1.10. The van der Waals surface area contributed by atoms with Crippen molar-refractivity contribution >= 4 is 5.91 Å². The van der Waals surface area contributed by atoms with Crippen molar-refractivity contribution in [3.05, 3.63) is 0 Å². The average molecular weight is 196 g/mol. The highest BCUT2D eigenvalue weighted by Gasteiger charge is 2.48. The van der Waals surface area contributed by atoms with Crippen LogP contribution in [0.1, 0.15) is 19.8 Å². The number of nitrogens with zero attached hydrogens (tertiary/aromatic N) is 2. The summed E-state index contributed by atoms with van der Waals surface area (Å²) >= 11 is 0. The molecule has 4 aliphatic heterocycles. The summed E-state index contributed by atoms with van der Waals surface area (Å²) in [6, 6.07) is 0. The Labute approximate surface area is 83.8 Å². The Hall–Kier alpha value is -0.610. The minimum atomic E-state index is 0.194. The maximum atomic E-state index is 11.5. The first kappa shape index (κ1) is 8.68. The van der Waals surface area contributed by atoms with E-state index in [2.05, 4.69) is 4.90 Å². The Morgan fingerprint density at radius 1 is 1.43 bits per heavy atom. The molecule has 0 spiro atoms. The van der Waals surface area contributed by atoms with Crippen LogP contribution in [-0.2, 0) is 9.53 Å². The third-order valence-electron chi connectivity index (χ3n) is 3.57. The number of fused-ring (bicyclic) bond motifs is 1. The van der Waals surface area contributed by atoms with Gasteiger partial charge < -0.3 is 9.64 Å². The first-order valence-electron chi connectivity index (χ1n) is 5.42. The fourth-order valence-corrected chi connectivity index (χ4v) is 3.04. The van der Waals surface area contributed by atoms with Crippen LogP contribution in [0.3, 0.4) is 0 Å². The van der Waals surface area contributed by atoms with Gasteiger partial charge in [0.25, 0.3) is 0 Å². The van der Waals surface area contributed by atoms with Crippen LogP contribution in [0.2, 0.25) is 0 Å². The first-order valence-corrected chi connectivity index (χ1v) is 5.42. The van der Waals surface area contributed by atoms with Crippen LogP contribution in [0, 0.1) is 0 Å². The van der Waals surface area contributed by atoms with Gasteiger partial charge in [-0.25, -0.2) is 0 Å². The molecular weight excluding hydrogens is 180 g/mol. The summed E-state index contributed by atoms with van der Waals surface area (Å²) in [5.41, 5.74) is 0. The molecule has 4 saturated heterocycles. The highest BCUT2D eigenvalue weighted by Crippen LogP contribution is 2.34. The minimum Gasteiger partial charge on any atom is -0.368 e. The van der Waals surface area contributed by atoms with Gasteiger partial charge in [0.1, 0.15) is 6.17 Å². The number of morpholine rings is 2. The van der Waals surface area contributed by atoms with Crippen molar-refractivity contribution in [2.75, 3.05) is 19.6 Å². The van der Waals surface area contributed by atoms with Gasteiger partial charge in [-0.2, -0.15) is 0 Å². The zero-order valence-corrected chi connectivity index (χ0v) is 8.48. The number of ether oxygens (including phenoxy) is 1. The van der Waals surface area contributed by atoms with Crippen LogP contribution in [-0.4, -0.2) is 53.7 Å². The summed E-state index contributed by atoms with van der Waals surface area (Å²) in [7, 11) is 0. The molecule has 0 aromatic rings. The molecule has 14 heavy (non-hydrogen) atoms. The van der Waals surface area contributed by atoms with Gasteiger partial charge in [-0.15, -0.1) is 0 Å². The highest BCUT2D eigenvalue weighted by atomic mass is 16.5. The van der Waals surface area contributed by atoms with E-state index in [0.717, 1.165) is 26.1 Å². The maximum Gasteiger partial charge on any atom is 0.220 e. The molecule has 4 unspecified atom stereocenters. The monoisotopic (exact) mass is 196 g/mol. The summed E-state index contributed by atoms with van der Waals surface area (Å²) in [6.45, 7) is 4.61. The Morgan fingerprint density at radius 2 is 2.29 bits per heavy atom. The summed E-state index contributed by atoms with van der Waals surface area (Å²) in [6.07, 6.45) is 3.10. The van der Waals surface area contributed by atoms with Crippen molar-refractivity contribution in [1.29, 1.82) is 0 Å². The molecule has 1 amide bonds. The molecule has 78 valence electrons. The van der Waals surface area contributed by atoms with Gasteiger partial charge in [0.2, 0.25) is 5.91 Å². The molecule has 4 fully saturated rings. The number of rotatable bonds is 0. The summed E-state index contributed by atoms with van der Waals surface area (Å²) in [4.78, 5) is 15.9. The number of piperidine rings is 1. The molecule has 0 aromatic heterocycles. The second-order valence-electron chi connectivity index (χ2n) is 4.52. The summed E-state index contributed by atoms with van der Waals surface area (Å²) in [5.74, 6) is 0.194. The maximum absolute atomic E-state index is 11.5. The Morgan fingerprint density at radius 3 is 3.00 bits per heavy atom. The van der Waals surface area contributed by atoms with Crippen molar-refractivity contribution in [3.8, 4) is 0 Å². The van der Waals surface area contributed by atoms with E-state index in [4.69, 9.17) is 4.74 Å². The molecule has 4 aliphatic rings. The highest BCUT2D eigenvalue weighted by molar-refractivity contribution is 5.74. The van der Waals surface area contributed by atoms with E-state index < -0.39 is 0 Å². The van der Waals surface area contributed by atoms with Gasteiger partial charge in [0.15, 0.2) is 0 Å². The topological polar surface area (TPSA) is 32.8 Å². The second-order valence-corrected chi connectivity index (χ2v) is 4.52. The lowest BCUT2D eigenvalue weighted by Gasteiger charge is -2.57. The van der Waals surface area contributed by atoms with Crippen LogP contribution in [0.4, 0.5) is 0 Å². The summed E-state index contributed by atoms with van der Waals surface area (Å²) < 4.78 is 5.90. The zero-order valence-electron chi connectivity index (χ0n) is 8.48. The standard InChI is InChI=1S/C10H16N2O2/c1-7(13)12-6-8-5-11-4-2-3-9(14-8)10(11)12/h8-10H,2-6H2,1H3. The number of carbonyl (C=O) groups excluding carboxylic acids is 1. The lowest BCUT2D eigenvalue weighted by atomic mass is 9.95. The van der Waals surface area contributed by atoms with Crippen molar-refractivity contribution < 1.29 is 9.53 Å². The molecule has 4 atom stereocenters. The lowest BCUT2D eigenvalue weighted by molar-refractivity contribution is -0.231. The smallest absolute Gasteiger partial charge is 0.220 e. The predicted octanol–water partition coefficient (Wildman–Crippen LogP) is 0.0378. The number of amides is 1. The van der Waals surface area contributed by atoms with Crippen LogP contribution in [0.25, 0.3) is 0 Å². The van der Waals surface area contributed by atoms with E-state index in [1.165, 1.54) is 6.42 Å². The molecule has 0 radical (unpaired) electrons. The Kier molecular flexibility index (Phi) is 1.82. The molecule has 4 nitrogen and oxygen atoms in total. The van der Waals surface area contributed by atoms with Crippen LogP contribution in [0.15, 0.2) is 0 Å². The van der Waals surface area contributed by atoms with Crippen LogP contribution in [0.5, 0.6) is 0 Å². The molecular formula is C10H16N2O2. The Bertz CT molecular complexity index is 255. The fraction of sp³-hybridized carbons (Fsp3) is 0.900. The van der Waals surface area contributed by atoms with E-state index in [9.17, 15) is 4.79 Å². The van der Waals surface area contributed by atoms with Gasteiger partial charge in [-0.3, -0.25) is 9.69 Å². The van der Waals surface area contributed by atoms with Gasteiger partial charge in [-0.05, 0) is 12.8 Å². The summed E-state index contributed by atoms with van der Waals surface area (Å²) in [5, 5.41) is 0. The first-order chi connectivity index (χ1) is 6.75. The zero-order chi connectivity index (χ0) is 9.71. The predicted molar refractivity (Wildman–Crippen MR) is 50.6 cm³/mol. The lowest BCUT2D eigenvalue weighted by Crippen LogP contribution is -2.72. The normalized spacial score (nSPS) is 45.4. The molecule has 0 N–H and O–H groups in total. The molecule has 4 heteroatoms. The molecule has 4 rings (SSSR count). The molecule has 0 aliphatic carbocycles. The van der Waals surface area contributed by atoms with E-state index in [1.54, 1.807) is 6.92 Å². The van der Waals surface area contributed by atoms with Gasteiger partial charge in [0.05, 0.1) is 12.2 Å². The molecule has 0 aromatic carbocycles. The second kappa shape index (κ2) is 2.94. The van der Waals surface area contributed by atoms with Crippen LogP contribution < -0.4 is 0 Å².